The van der Waals surface area contributed by atoms with E-state index < -0.39 is 0 Å². The molecular weight excluding hydrogens is 592 g/mol. The number of anilines is 2. The first-order valence-electron chi connectivity index (χ1n) is 17.0. The van der Waals surface area contributed by atoms with Gasteiger partial charge in [0.05, 0.1) is 0 Å². The van der Waals surface area contributed by atoms with Gasteiger partial charge in [-0.1, -0.05) is 79.6 Å². The van der Waals surface area contributed by atoms with Crippen molar-refractivity contribution in [2.24, 2.45) is 15.0 Å². The lowest BCUT2D eigenvalue weighted by Crippen LogP contribution is -2.13. The Balaban J connectivity index is 1.56. The lowest BCUT2D eigenvalue weighted by molar-refractivity contribution is 0.392. The van der Waals surface area contributed by atoms with Crippen molar-refractivity contribution in [1.82, 2.24) is 19.8 Å². The Bertz CT molecular complexity index is 1590. The van der Waals surface area contributed by atoms with Crippen molar-refractivity contribution in [3.63, 3.8) is 0 Å². The predicted molar refractivity (Wildman–Crippen MR) is 206 cm³/mol. The van der Waals surface area contributed by atoms with Crippen LogP contribution in [0.3, 0.4) is 0 Å². The molecule has 0 spiro atoms. The van der Waals surface area contributed by atoms with Crippen molar-refractivity contribution in [3.8, 4) is 22.6 Å². The molecule has 1 heterocycles. The average Bonchev–Trinajstić information content (AvgIpc) is 3.10. The Hall–Kier alpha value is -4.53. The maximum Gasteiger partial charge on any atom is 0.163 e. The van der Waals surface area contributed by atoms with Gasteiger partial charge in [-0.05, 0) is 96.9 Å². The van der Waals surface area contributed by atoms with E-state index in [-0.39, 0.29) is 0 Å². The van der Waals surface area contributed by atoms with E-state index in [9.17, 15) is 0 Å². The third-order valence-electron chi connectivity index (χ3n) is 8.10. The van der Waals surface area contributed by atoms with Crippen LogP contribution in [0.15, 0.2) is 93.8 Å². The summed E-state index contributed by atoms with van der Waals surface area (Å²) < 4.78 is 0. The van der Waals surface area contributed by atoms with Crippen LogP contribution in [-0.2, 0) is 0 Å². The molecular formula is C40H52N8. The number of unbranched alkanes of at least 4 members (excludes halogenated alkanes) is 4. The molecule has 0 bridgehead atoms. The number of aliphatic imine (C=N–C) groups is 3. The highest BCUT2D eigenvalue weighted by atomic mass is 15.2. The van der Waals surface area contributed by atoms with Crippen molar-refractivity contribution in [2.75, 3.05) is 66.3 Å². The lowest BCUT2D eigenvalue weighted by atomic mass is 10.1. The van der Waals surface area contributed by atoms with Crippen molar-refractivity contribution < 1.29 is 0 Å². The maximum atomic E-state index is 5.07. The van der Waals surface area contributed by atoms with Gasteiger partial charge in [0.15, 0.2) is 11.6 Å². The predicted octanol–water partition coefficient (Wildman–Crippen LogP) is 8.21. The quantitative estimate of drug-likeness (QED) is 0.0760. The highest BCUT2D eigenvalue weighted by Crippen LogP contribution is 2.39. The van der Waals surface area contributed by atoms with Gasteiger partial charge < -0.3 is 14.7 Å². The Morgan fingerprint density at radius 1 is 0.604 bits per heavy atom. The minimum atomic E-state index is 0.625. The smallest absolute Gasteiger partial charge is 0.163 e. The Labute approximate surface area is 288 Å². The van der Waals surface area contributed by atoms with Crippen LogP contribution in [0.2, 0.25) is 0 Å². The lowest BCUT2D eigenvalue weighted by Gasteiger charge is -2.22. The molecule has 0 fully saturated rings. The fourth-order valence-electron chi connectivity index (χ4n) is 5.33. The first kappa shape index (κ1) is 36.3. The molecule has 0 unspecified atom stereocenters. The molecule has 0 N–H and O–H groups in total. The second-order valence-corrected chi connectivity index (χ2v) is 12.7. The molecule has 3 aromatic carbocycles. The minimum absolute atomic E-state index is 0.625. The van der Waals surface area contributed by atoms with Crippen molar-refractivity contribution in [2.45, 2.75) is 38.5 Å². The van der Waals surface area contributed by atoms with E-state index in [0.717, 1.165) is 72.7 Å². The largest absolute Gasteiger partial charge is 0.328 e. The second-order valence-electron chi connectivity index (χ2n) is 12.7. The van der Waals surface area contributed by atoms with Gasteiger partial charge in [0.25, 0.3) is 0 Å². The van der Waals surface area contributed by atoms with Crippen LogP contribution in [0.5, 0.6) is 0 Å². The summed E-state index contributed by atoms with van der Waals surface area (Å²) in [6.45, 7) is 7.86. The molecule has 1 aromatic heterocycles. The van der Waals surface area contributed by atoms with E-state index in [1.807, 2.05) is 42.6 Å². The third kappa shape index (κ3) is 11.3. The number of hydrogen-bond acceptors (Lipinski definition) is 8. The number of hydrogen-bond donors (Lipinski definition) is 0. The molecule has 0 radical (unpaired) electrons. The van der Waals surface area contributed by atoms with Crippen LogP contribution in [0.1, 0.15) is 49.7 Å². The zero-order valence-electron chi connectivity index (χ0n) is 29.5. The molecule has 8 nitrogen and oxygen atoms in total. The summed E-state index contributed by atoms with van der Waals surface area (Å²) >= 11 is 0. The fraction of sp³-hybridized carbons (Fsp3) is 0.375. The van der Waals surface area contributed by atoms with Gasteiger partial charge in [0, 0.05) is 49.4 Å². The van der Waals surface area contributed by atoms with E-state index in [1.54, 1.807) is 0 Å². The van der Waals surface area contributed by atoms with E-state index in [1.165, 1.54) is 25.7 Å². The summed E-state index contributed by atoms with van der Waals surface area (Å²) in [6.07, 6.45) is 10.9. The molecule has 0 saturated carbocycles. The van der Waals surface area contributed by atoms with Gasteiger partial charge in [-0.15, -0.1) is 0 Å². The zero-order valence-corrected chi connectivity index (χ0v) is 29.5. The topological polar surface area (TPSA) is 72.6 Å². The molecule has 0 atom stereocenters. The van der Waals surface area contributed by atoms with Gasteiger partial charge in [0.1, 0.15) is 11.4 Å². The molecule has 48 heavy (non-hydrogen) atoms. The molecule has 0 aliphatic rings. The SMILES string of the molecule is C=Nc1c(-c2ccc(C=NCCCCCN(C)C)cc2)nc(-c2ccc(C=NCCCCCN(C)C)cc2)nc1N(C)c1ccccc1. The highest BCUT2D eigenvalue weighted by Gasteiger charge is 2.20. The Morgan fingerprint density at radius 2 is 1.12 bits per heavy atom. The summed E-state index contributed by atoms with van der Waals surface area (Å²) in [7, 11) is 10.5. The van der Waals surface area contributed by atoms with Crippen molar-refractivity contribution >= 4 is 36.3 Å². The second kappa shape index (κ2) is 19.3. The summed E-state index contributed by atoms with van der Waals surface area (Å²) in [5, 5.41) is 0. The van der Waals surface area contributed by atoms with Gasteiger partial charge in [-0.3, -0.25) is 15.0 Å². The summed E-state index contributed by atoms with van der Waals surface area (Å²) in [4.78, 5) is 30.4. The first-order valence-corrected chi connectivity index (χ1v) is 17.0. The fourth-order valence-corrected chi connectivity index (χ4v) is 5.33. The van der Waals surface area contributed by atoms with Crippen LogP contribution in [0.25, 0.3) is 22.6 Å². The van der Waals surface area contributed by atoms with Gasteiger partial charge in [0.2, 0.25) is 0 Å². The number of para-hydroxylation sites is 1. The normalized spacial score (nSPS) is 11.7. The molecule has 0 aliphatic carbocycles. The molecule has 0 aliphatic heterocycles. The number of aromatic nitrogens is 2. The monoisotopic (exact) mass is 644 g/mol. The summed E-state index contributed by atoms with van der Waals surface area (Å²) in [5.74, 6) is 1.32. The highest BCUT2D eigenvalue weighted by molar-refractivity contribution is 5.88. The number of benzene rings is 3. The van der Waals surface area contributed by atoms with Gasteiger partial charge in [-0.25, -0.2) is 9.97 Å². The van der Waals surface area contributed by atoms with E-state index in [2.05, 4.69) is 120 Å². The van der Waals surface area contributed by atoms with Gasteiger partial charge in [-0.2, -0.15) is 0 Å². The molecule has 0 amide bonds. The summed E-state index contributed by atoms with van der Waals surface area (Å²) in [6, 6.07) is 26.7. The van der Waals surface area contributed by atoms with E-state index in [0.29, 0.717) is 17.3 Å². The van der Waals surface area contributed by atoms with Crippen molar-refractivity contribution in [3.05, 3.63) is 90.0 Å². The van der Waals surface area contributed by atoms with Crippen LogP contribution in [0, 0.1) is 0 Å². The molecule has 252 valence electrons. The minimum Gasteiger partial charge on any atom is -0.328 e. The third-order valence-corrected chi connectivity index (χ3v) is 8.10. The zero-order chi connectivity index (χ0) is 34.1. The Morgan fingerprint density at radius 3 is 1.62 bits per heavy atom. The number of rotatable bonds is 19. The molecule has 4 aromatic rings. The molecule has 8 heteroatoms. The summed E-state index contributed by atoms with van der Waals surface area (Å²) in [5.41, 5.74) is 6.35. The van der Waals surface area contributed by atoms with Crippen molar-refractivity contribution in [1.29, 1.82) is 0 Å². The molecule has 4 rings (SSSR count). The average molecular weight is 645 g/mol. The van der Waals surface area contributed by atoms with Crippen LogP contribution in [-0.4, -0.2) is 100 Å². The first-order chi connectivity index (χ1) is 23.4. The maximum absolute atomic E-state index is 5.07. The van der Waals surface area contributed by atoms with Gasteiger partial charge >= 0.3 is 0 Å². The number of nitrogens with zero attached hydrogens (tertiary/aromatic N) is 8. The Kier molecular flexibility index (Phi) is 14.6. The van der Waals surface area contributed by atoms with Crippen LogP contribution >= 0.6 is 0 Å². The molecule has 0 saturated heterocycles. The van der Waals surface area contributed by atoms with E-state index >= 15 is 0 Å². The standard InChI is InChI=1S/C40H52N8/c1-41-38-37(34-22-18-32(19-23-34)30-42-26-12-8-14-28-46(2)3)44-39(45-40(38)48(6)36-16-10-7-11-17-36)35-24-20-33(21-25-35)31-43-27-13-9-15-29-47(4)5/h7,10-11,16-25,30-31H,1,8-9,12-15,26-29H2,2-6H3. The van der Waals surface area contributed by atoms with Crippen LogP contribution < -0.4 is 4.90 Å². The van der Waals surface area contributed by atoms with Crippen LogP contribution in [0.4, 0.5) is 17.2 Å². The van der Waals surface area contributed by atoms with E-state index in [4.69, 9.17) is 9.97 Å².